The summed E-state index contributed by atoms with van der Waals surface area (Å²) in [5.41, 5.74) is 0. The second-order valence-corrected chi connectivity index (χ2v) is 16.5. The molecule has 0 aromatic heterocycles. The van der Waals surface area contributed by atoms with E-state index in [0.717, 1.165) is 51.4 Å². The number of hydrogen-bond acceptors (Lipinski definition) is 6. The Bertz CT molecular complexity index is 1260. The second kappa shape index (κ2) is 50.0. The van der Waals surface area contributed by atoms with Gasteiger partial charge in [-0.25, -0.2) is 0 Å². The molecule has 0 spiro atoms. The van der Waals surface area contributed by atoms with Gasteiger partial charge in [0.1, 0.15) is 13.2 Å². The molecular weight excluding hydrogens is 769 g/mol. The fraction of sp³-hybridized carbons (Fsp3) is 0.661. The molecule has 0 aliphatic carbocycles. The standard InChI is InChI=1S/C56H92O6/c1-4-7-10-13-16-19-22-25-27-28-29-32-34-37-40-43-46-49-55(58)61-52-53(51-60-54(57)48-45-42-39-36-33-30-24-21-18-15-12-9-6-3)62-56(59)50-47-44-41-38-35-31-26-23-20-17-14-11-8-5-2/h9,12,15,18,21,24-25,27,29-30,32-33,36-37,39-40,53H,4-8,10-11,13-14,16-17,19-20,22-23,26,28,31,34-35,38,41-52H2,1-3H3/b12-9+,18-15+,24-21+,27-25+,32-29+,33-30+,39-36+,40-37+. The molecule has 6 heteroatoms. The summed E-state index contributed by atoms with van der Waals surface area (Å²) < 4.78 is 16.7. The SMILES string of the molecule is CC/C=C/C=C/C=C/C=C/C=C/CCCC(=O)OCC(COC(=O)CCC/C=C/C/C=C/C/C=C/CCCCCCCC)OC(=O)CCCCCCCCCCCCCCCC. The zero-order chi connectivity index (χ0) is 45.1. The van der Waals surface area contributed by atoms with E-state index < -0.39 is 6.10 Å². The van der Waals surface area contributed by atoms with Gasteiger partial charge in [-0.2, -0.15) is 0 Å². The maximum Gasteiger partial charge on any atom is 0.306 e. The first-order chi connectivity index (χ1) is 30.5. The summed E-state index contributed by atoms with van der Waals surface area (Å²) in [6.45, 7) is 6.37. The average molecular weight is 861 g/mol. The molecule has 0 aliphatic rings. The van der Waals surface area contributed by atoms with Gasteiger partial charge in [0.2, 0.25) is 0 Å². The van der Waals surface area contributed by atoms with Crippen LogP contribution >= 0.6 is 0 Å². The van der Waals surface area contributed by atoms with Gasteiger partial charge < -0.3 is 14.2 Å². The van der Waals surface area contributed by atoms with Crippen molar-refractivity contribution in [2.24, 2.45) is 0 Å². The third-order valence-corrected chi connectivity index (χ3v) is 10.5. The van der Waals surface area contributed by atoms with Crippen LogP contribution in [0.4, 0.5) is 0 Å². The largest absolute Gasteiger partial charge is 0.462 e. The molecule has 352 valence electrons. The smallest absolute Gasteiger partial charge is 0.306 e. The number of ether oxygens (including phenoxy) is 3. The van der Waals surface area contributed by atoms with E-state index in [2.05, 4.69) is 63.3 Å². The van der Waals surface area contributed by atoms with Crippen LogP contribution in [0.5, 0.6) is 0 Å². The molecule has 1 unspecified atom stereocenters. The maximum atomic E-state index is 12.8. The third-order valence-electron chi connectivity index (χ3n) is 10.5. The van der Waals surface area contributed by atoms with E-state index in [0.29, 0.717) is 19.3 Å². The van der Waals surface area contributed by atoms with Crippen LogP contribution < -0.4 is 0 Å². The first kappa shape index (κ1) is 58.3. The van der Waals surface area contributed by atoms with Crippen molar-refractivity contribution in [1.82, 2.24) is 0 Å². The minimum absolute atomic E-state index is 0.126. The van der Waals surface area contributed by atoms with Crippen molar-refractivity contribution in [3.8, 4) is 0 Å². The molecule has 0 aliphatic heterocycles. The monoisotopic (exact) mass is 861 g/mol. The molecule has 0 bridgehead atoms. The van der Waals surface area contributed by atoms with Crippen LogP contribution in [0.15, 0.2) is 97.2 Å². The summed E-state index contributed by atoms with van der Waals surface area (Å²) in [5.74, 6) is -1.05. The van der Waals surface area contributed by atoms with Crippen molar-refractivity contribution >= 4 is 17.9 Å². The van der Waals surface area contributed by atoms with Gasteiger partial charge in [-0.15, -0.1) is 0 Å². The van der Waals surface area contributed by atoms with E-state index in [1.54, 1.807) is 0 Å². The van der Waals surface area contributed by atoms with Gasteiger partial charge in [-0.05, 0) is 64.2 Å². The van der Waals surface area contributed by atoms with Gasteiger partial charge in [0, 0.05) is 19.3 Å². The molecule has 62 heavy (non-hydrogen) atoms. The topological polar surface area (TPSA) is 78.9 Å². The maximum absolute atomic E-state index is 12.8. The van der Waals surface area contributed by atoms with Crippen LogP contribution in [0, 0.1) is 0 Å². The molecule has 1 atom stereocenters. The zero-order valence-corrected chi connectivity index (χ0v) is 40.1. The van der Waals surface area contributed by atoms with E-state index in [4.69, 9.17) is 14.2 Å². The Morgan fingerprint density at radius 2 is 0.710 bits per heavy atom. The minimum Gasteiger partial charge on any atom is -0.462 e. The summed E-state index contributed by atoms with van der Waals surface area (Å²) >= 11 is 0. The normalized spacial score (nSPS) is 12.9. The Balaban J connectivity index is 4.55. The summed E-state index contributed by atoms with van der Waals surface area (Å²) in [4.78, 5) is 37.9. The van der Waals surface area contributed by atoms with Crippen molar-refractivity contribution in [3.05, 3.63) is 97.2 Å². The molecule has 0 amide bonds. The molecule has 0 rings (SSSR count). The second-order valence-electron chi connectivity index (χ2n) is 16.5. The lowest BCUT2D eigenvalue weighted by Crippen LogP contribution is -2.30. The zero-order valence-electron chi connectivity index (χ0n) is 40.1. The molecule has 0 saturated heterocycles. The Morgan fingerprint density at radius 1 is 0.355 bits per heavy atom. The number of carbonyl (C=O) groups excluding carboxylic acids is 3. The highest BCUT2D eigenvalue weighted by molar-refractivity contribution is 5.71. The van der Waals surface area contributed by atoms with Gasteiger partial charge in [0.15, 0.2) is 6.10 Å². The van der Waals surface area contributed by atoms with Crippen molar-refractivity contribution < 1.29 is 28.6 Å². The highest BCUT2D eigenvalue weighted by Gasteiger charge is 2.19. The van der Waals surface area contributed by atoms with E-state index in [-0.39, 0.29) is 44.0 Å². The summed E-state index contributed by atoms with van der Waals surface area (Å²) in [6.07, 6.45) is 65.5. The molecular formula is C56H92O6. The predicted molar refractivity (Wildman–Crippen MR) is 265 cm³/mol. The van der Waals surface area contributed by atoms with Crippen molar-refractivity contribution in [3.63, 3.8) is 0 Å². The molecule has 0 radical (unpaired) electrons. The summed E-state index contributed by atoms with van der Waals surface area (Å²) in [7, 11) is 0. The predicted octanol–water partition coefficient (Wildman–Crippen LogP) is 16.6. The quantitative estimate of drug-likeness (QED) is 0.0200. The van der Waals surface area contributed by atoms with Crippen LogP contribution in [0.1, 0.15) is 220 Å². The van der Waals surface area contributed by atoms with Gasteiger partial charge >= 0.3 is 17.9 Å². The van der Waals surface area contributed by atoms with Gasteiger partial charge in [0.05, 0.1) is 0 Å². The van der Waals surface area contributed by atoms with E-state index >= 15 is 0 Å². The van der Waals surface area contributed by atoms with Gasteiger partial charge in [-0.1, -0.05) is 234 Å². The third kappa shape index (κ3) is 47.4. The molecule has 0 heterocycles. The lowest BCUT2D eigenvalue weighted by molar-refractivity contribution is -0.167. The van der Waals surface area contributed by atoms with E-state index in [1.165, 1.54) is 116 Å². The fourth-order valence-electron chi connectivity index (χ4n) is 6.66. The molecule has 0 saturated carbocycles. The van der Waals surface area contributed by atoms with E-state index in [1.807, 2.05) is 54.7 Å². The first-order valence-corrected chi connectivity index (χ1v) is 25.3. The van der Waals surface area contributed by atoms with Crippen molar-refractivity contribution in [2.45, 2.75) is 226 Å². The lowest BCUT2D eigenvalue weighted by atomic mass is 10.0. The van der Waals surface area contributed by atoms with Crippen LogP contribution in [0.25, 0.3) is 0 Å². The summed E-state index contributed by atoms with van der Waals surface area (Å²) in [6, 6.07) is 0. The Kier molecular flexibility index (Phi) is 47.0. The van der Waals surface area contributed by atoms with Crippen LogP contribution in [0.2, 0.25) is 0 Å². The summed E-state index contributed by atoms with van der Waals surface area (Å²) in [5, 5.41) is 0. The van der Waals surface area contributed by atoms with E-state index in [9.17, 15) is 14.4 Å². The Morgan fingerprint density at radius 3 is 1.18 bits per heavy atom. The molecule has 0 aromatic rings. The van der Waals surface area contributed by atoms with Gasteiger partial charge in [-0.3, -0.25) is 14.4 Å². The molecule has 0 aromatic carbocycles. The van der Waals surface area contributed by atoms with Crippen LogP contribution in [-0.2, 0) is 28.6 Å². The highest BCUT2D eigenvalue weighted by atomic mass is 16.6. The number of carbonyl (C=O) groups is 3. The Hall–Kier alpha value is -3.67. The number of allylic oxidation sites excluding steroid dienone is 16. The number of hydrogen-bond donors (Lipinski definition) is 0. The van der Waals surface area contributed by atoms with Gasteiger partial charge in [0.25, 0.3) is 0 Å². The molecule has 6 nitrogen and oxygen atoms in total. The first-order valence-electron chi connectivity index (χ1n) is 25.3. The van der Waals surface area contributed by atoms with Crippen molar-refractivity contribution in [2.75, 3.05) is 13.2 Å². The number of unbranched alkanes of at least 4 members (excludes halogenated alkanes) is 21. The minimum atomic E-state index is -0.824. The van der Waals surface area contributed by atoms with Crippen LogP contribution in [0.3, 0.4) is 0 Å². The molecule has 0 N–H and O–H groups in total. The van der Waals surface area contributed by atoms with Crippen LogP contribution in [-0.4, -0.2) is 37.2 Å². The number of esters is 3. The fourth-order valence-corrected chi connectivity index (χ4v) is 6.66. The lowest BCUT2D eigenvalue weighted by Gasteiger charge is -2.18. The van der Waals surface area contributed by atoms with Crippen molar-refractivity contribution in [1.29, 1.82) is 0 Å². The highest BCUT2D eigenvalue weighted by Crippen LogP contribution is 2.14. The average Bonchev–Trinajstić information content (AvgIpc) is 3.27. The number of rotatable bonds is 44. The Labute approximate surface area is 381 Å². The molecule has 0 fully saturated rings.